The molecule has 1 amide bonds. The van der Waals surface area contributed by atoms with Crippen LogP contribution in [0.5, 0.6) is 0 Å². The molecule has 146 valence electrons. The standard InChI is InChI=1S/C21H23N3OS3/c25-19(22-17-10-2-1-3-11-17)14-27-21-24-23-20(28-21)26-13-16-9-6-8-15-7-4-5-12-18(15)16/h4-9,12,17H,1-3,10-11,13-14H2,(H,22,25). The smallest absolute Gasteiger partial charge is 0.230 e. The lowest BCUT2D eigenvalue weighted by Gasteiger charge is -2.22. The molecule has 0 saturated heterocycles. The van der Waals surface area contributed by atoms with E-state index in [2.05, 4.69) is 58.0 Å². The van der Waals surface area contributed by atoms with Gasteiger partial charge in [0.25, 0.3) is 0 Å². The number of hydrogen-bond acceptors (Lipinski definition) is 6. The van der Waals surface area contributed by atoms with Gasteiger partial charge in [0, 0.05) is 11.8 Å². The topological polar surface area (TPSA) is 54.9 Å². The minimum atomic E-state index is 0.108. The number of nitrogens with one attached hydrogen (secondary N) is 1. The summed E-state index contributed by atoms with van der Waals surface area (Å²) in [7, 11) is 0. The van der Waals surface area contributed by atoms with Crippen molar-refractivity contribution in [2.75, 3.05) is 5.75 Å². The lowest BCUT2D eigenvalue weighted by molar-refractivity contribution is -0.119. The molecule has 7 heteroatoms. The summed E-state index contributed by atoms with van der Waals surface area (Å²) in [5.74, 6) is 1.39. The first kappa shape index (κ1) is 19.7. The average Bonchev–Trinajstić information content (AvgIpc) is 3.19. The Kier molecular flexibility index (Phi) is 6.88. The Labute approximate surface area is 177 Å². The second kappa shape index (κ2) is 9.76. The Bertz CT molecular complexity index is 932. The number of nitrogens with zero attached hydrogens (tertiary/aromatic N) is 2. The SMILES string of the molecule is O=C(CSc1nnc(SCc2cccc3ccccc23)s1)NC1CCCCC1. The Morgan fingerprint density at radius 2 is 1.75 bits per heavy atom. The predicted octanol–water partition coefficient (Wildman–Crippen LogP) is 5.52. The van der Waals surface area contributed by atoms with Crippen LogP contribution in [0.2, 0.25) is 0 Å². The fourth-order valence-corrected chi connectivity index (χ4v) is 6.35. The molecule has 0 spiro atoms. The summed E-state index contributed by atoms with van der Waals surface area (Å²) in [6, 6.07) is 15.2. The molecule has 0 unspecified atom stereocenters. The highest BCUT2D eigenvalue weighted by Gasteiger charge is 2.16. The second-order valence-electron chi connectivity index (χ2n) is 6.95. The van der Waals surface area contributed by atoms with E-state index in [1.807, 2.05) is 0 Å². The third-order valence-electron chi connectivity index (χ3n) is 4.92. The molecule has 0 aliphatic heterocycles. The van der Waals surface area contributed by atoms with E-state index in [1.165, 1.54) is 47.4 Å². The van der Waals surface area contributed by atoms with E-state index in [4.69, 9.17) is 0 Å². The van der Waals surface area contributed by atoms with Crippen LogP contribution < -0.4 is 5.32 Å². The van der Waals surface area contributed by atoms with Crippen molar-refractivity contribution in [3.05, 3.63) is 48.0 Å². The molecule has 4 nitrogen and oxygen atoms in total. The summed E-state index contributed by atoms with van der Waals surface area (Å²) in [6.07, 6.45) is 5.98. The monoisotopic (exact) mass is 429 g/mol. The number of aromatic nitrogens is 2. The van der Waals surface area contributed by atoms with Gasteiger partial charge in [-0.3, -0.25) is 4.79 Å². The molecule has 1 heterocycles. The van der Waals surface area contributed by atoms with E-state index in [1.54, 1.807) is 23.1 Å². The largest absolute Gasteiger partial charge is 0.353 e. The van der Waals surface area contributed by atoms with Crippen LogP contribution in [-0.4, -0.2) is 27.9 Å². The molecule has 0 radical (unpaired) electrons. The molecule has 1 aliphatic rings. The van der Waals surface area contributed by atoms with Gasteiger partial charge in [-0.15, -0.1) is 10.2 Å². The molecule has 1 saturated carbocycles. The molecule has 28 heavy (non-hydrogen) atoms. The number of benzene rings is 2. The highest BCUT2D eigenvalue weighted by Crippen LogP contribution is 2.32. The van der Waals surface area contributed by atoms with Crippen molar-refractivity contribution in [1.29, 1.82) is 0 Å². The number of fused-ring (bicyclic) bond motifs is 1. The highest BCUT2D eigenvalue weighted by atomic mass is 32.2. The maximum atomic E-state index is 12.1. The highest BCUT2D eigenvalue weighted by molar-refractivity contribution is 8.03. The number of carbonyl (C=O) groups excluding carboxylic acids is 1. The maximum absolute atomic E-state index is 12.1. The van der Waals surface area contributed by atoms with Crippen LogP contribution in [0, 0.1) is 0 Å². The molecule has 1 aliphatic carbocycles. The molecule has 1 fully saturated rings. The molecule has 2 aromatic carbocycles. The number of rotatable bonds is 7. The van der Waals surface area contributed by atoms with E-state index in [9.17, 15) is 4.79 Å². The van der Waals surface area contributed by atoms with Gasteiger partial charge in [0.05, 0.1) is 5.75 Å². The predicted molar refractivity (Wildman–Crippen MR) is 119 cm³/mol. The zero-order valence-corrected chi connectivity index (χ0v) is 18.0. The van der Waals surface area contributed by atoms with Gasteiger partial charge >= 0.3 is 0 Å². The van der Waals surface area contributed by atoms with Crippen molar-refractivity contribution in [2.45, 2.75) is 52.6 Å². The van der Waals surface area contributed by atoms with Gasteiger partial charge in [-0.25, -0.2) is 0 Å². The first-order chi connectivity index (χ1) is 13.8. The van der Waals surface area contributed by atoms with Crippen LogP contribution in [0.25, 0.3) is 10.8 Å². The van der Waals surface area contributed by atoms with Crippen molar-refractivity contribution in [3.63, 3.8) is 0 Å². The van der Waals surface area contributed by atoms with Gasteiger partial charge in [-0.05, 0) is 29.2 Å². The first-order valence-electron chi connectivity index (χ1n) is 9.63. The minimum Gasteiger partial charge on any atom is -0.353 e. The summed E-state index contributed by atoms with van der Waals surface area (Å²) < 4.78 is 1.81. The summed E-state index contributed by atoms with van der Waals surface area (Å²) in [5.41, 5.74) is 1.30. The Morgan fingerprint density at radius 1 is 1.00 bits per heavy atom. The second-order valence-corrected chi connectivity index (χ2v) is 10.4. The van der Waals surface area contributed by atoms with Crippen molar-refractivity contribution in [1.82, 2.24) is 15.5 Å². The average molecular weight is 430 g/mol. The van der Waals surface area contributed by atoms with Crippen LogP contribution in [0.15, 0.2) is 51.1 Å². The third-order valence-corrected chi connectivity index (χ3v) is 8.15. The molecular weight excluding hydrogens is 406 g/mol. The molecule has 3 aromatic rings. The number of thioether (sulfide) groups is 2. The van der Waals surface area contributed by atoms with Gasteiger partial charge in [0.2, 0.25) is 5.91 Å². The van der Waals surface area contributed by atoms with Crippen LogP contribution in [0.1, 0.15) is 37.7 Å². The minimum absolute atomic E-state index is 0.108. The van der Waals surface area contributed by atoms with E-state index in [0.717, 1.165) is 27.3 Å². The molecule has 1 N–H and O–H groups in total. The Hall–Kier alpha value is -1.57. The zero-order valence-electron chi connectivity index (χ0n) is 15.6. The third kappa shape index (κ3) is 5.27. The maximum Gasteiger partial charge on any atom is 0.230 e. The quantitative estimate of drug-likeness (QED) is 0.501. The fraction of sp³-hybridized carbons (Fsp3) is 0.381. The summed E-state index contributed by atoms with van der Waals surface area (Å²) in [6.45, 7) is 0. The Morgan fingerprint density at radius 3 is 2.61 bits per heavy atom. The van der Waals surface area contributed by atoms with Crippen molar-refractivity contribution < 1.29 is 4.79 Å². The van der Waals surface area contributed by atoms with Crippen molar-refractivity contribution in [2.24, 2.45) is 0 Å². The number of amides is 1. The van der Waals surface area contributed by atoms with Crippen molar-refractivity contribution >= 4 is 51.5 Å². The van der Waals surface area contributed by atoms with Crippen LogP contribution in [-0.2, 0) is 10.5 Å². The summed E-state index contributed by atoms with van der Waals surface area (Å²) in [5, 5.41) is 14.2. The van der Waals surface area contributed by atoms with Crippen molar-refractivity contribution in [3.8, 4) is 0 Å². The van der Waals surface area contributed by atoms with Crippen LogP contribution in [0.3, 0.4) is 0 Å². The number of hydrogen-bond donors (Lipinski definition) is 1. The lowest BCUT2D eigenvalue weighted by atomic mass is 9.95. The van der Waals surface area contributed by atoms with E-state index in [0.29, 0.717) is 11.8 Å². The van der Waals surface area contributed by atoms with Gasteiger partial charge in [0.1, 0.15) is 0 Å². The van der Waals surface area contributed by atoms with E-state index in [-0.39, 0.29) is 5.91 Å². The zero-order chi connectivity index (χ0) is 19.2. The van der Waals surface area contributed by atoms with E-state index < -0.39 is 0 Å². The van der Waals surface area contributed by atoms with E-state index >= 15 is 0 Å². The van der Waals surface area contributed by atoms with Gasteiger partial charge in [-0.2, -0.15) is 0 Å². The summed E-state index contributed by atoms with van der Waals surface area (Å²) in [4.78, 5) is 12.1. The molecular formula is C21H23N3OS3. The normalized spacial score (nSPS) is 15.0. The van der Waals surface area contributed by atoms with Crippen LogP contribution in [0.4, 0.5) is 0 Å². The molecule has 0 atom stereocenters. The first-order valence-corrected chi connectivity index (χ1v) is 12.4. The van der Waals surface area contributed by atoms with Gasteiger partial charge in [-0.1, -0.05) is 96.6 Å². The lowest BCUT2D eigenvalue weighted by Crippen LogP contribution is -2.37. The summed E-state index contributed by atoms with van der Waals surface area (Å²) >= 11 is 4.75. The molecule has 0 bridgehead atoms. The van der Waals surface area contributed by atoms with Gasteiger partial charge < -0.3 is 5.32 Å². The van der Waals surface area contributed by atoms with Crippen LogP contribution >= 0.6 is 34.9 Å². The fourth-order valence-electron chi connectivity index (χ4n) is 3.52. The number of carbonyl (C=O) groups is 1. The Balaban J connectivity index is 1.27. The molecule has 1 aromatic heterocycles. The van der Waals surface area contributed by atoms with Gasteiger partial charge in [0.15, 0.2) is 8.68 Å². The molecule has 4 rings (SSSR count).